The SMILES string of the molecule is CC1(C)CC(OCCCn2cccc2)CC(C)(C)N1O.COC1CCC(OC)O1.CS(=O)(=O)OCCCn1cccc1.NCCCO.OCCCn1cccc1. The van der Waals surface area contributed by atoms with Crippen LogP contribution >= 0.6 is 0 Å². The molecule has 3 aromatic rings. The van der Waals surface area contributed by atoms with E-state index in [0.717, 1.165) is 77.4 Å². The highest BCUT2D eigenvalue weighted by molar-refractivity contribution is 7.85. The van der Waals surface area contributed by atoms with E-state index in [-0.39, 0.29) is 49.6 Å². The predicted molar refractivity (Wildman–Crippen MR) is 218 cm³/mol. The Hall–Kier alpha value is -2.61. The zero-order valence-electron chi connectivity index (χ0n) is 34.9. The maximum Gasteiger partial charge on any atom is 0.264 e. The van der Waals surface area contributed by atoms with Crippen molar-refractivity contribution in [2.24, 2.45) is 5.73 Å². The summed E-state index contributed by atoms with van der Waals surface area (Å²) in [4.78, 5) is 0. The van der Waals surface area contributed by atoms with Crippen LogP contribution < -0.4 is 5.73 Å². The Labute approximate surface area is 336 Å². The normalized spacial score (nSPS) is 19.0. The summed E-state index contributed by atoms with van der Waals surface area (Å²) >= 11 is 0. The minimum Gasteiger partial charge on any atom is -0.396 e. The molecule has 5 rings (SSSR count). The fourth-order valence-electron chi connectivity index (χ4n) is 6.08. The number of ether oxygens (including phenoxy) is 4. The fourth-order valence-corrected chi connectivity index (χ4v) is 6.50. The van der Waals surface area contributed by atoms with E-state index in [2.05, 4.69) is 53.4 Å². The van der Waals surface area contributed by atoms with Crippen LogP contribution in [0.15, 0.2) is 73.6 Å². The second kappa shape index (κ2) is 28.7. The van der Waals surface area contributed by atoms with E-state index in [9.17, 15) is 13.6 Å². The molecular formula is C40H73N5O10S. The highest BCUT2D eigenvalue weighted by Crippen LogP contribution is 2.37. The number of piperidine rings is 1. The monoisotopic (exact) mass is 816 g/mol. The summed E-state index contributed by atoms with van der Waals surface area (Å²) in [5.41, 5.74) is 4.52. The Morgan fingerprint density at radius 2 is 1.09 bits per heavy atom. The summed E-state index contributed by atoms with van der Waals surface area (Å²) < 4.78 is 53.1. The van der Waals surface area contributed by atoms with Crippen molar-refractivity contribution in [2.45, 2.75) is 128 Å². The lowest BCUT2D eigenvalue weighted by Crippen LogP contribution is -2.60. The van der Waals surface area contributed by atoms with Gasteiger partial charge in [0.25, 0.3) is 10.1 Å². The molecule has 0 aromatic carbocycles. The van der Waals surface area contributed by atoms with Gasteiger partial charge in [-0.1, -0.05) is 0 Å². The lowest BCUT2D eigenvalue weighted by molar-refractivity contribution is -0.261. The van der Waals surface area contributed by atoms with Crippen molar-refractivity contribution >= 4 is 10.1 Å². The summed E-state index contributed by atoms with van der Waals surface area (Å²) in [6.45, 7) is 13.1. The van der Waals surface area contributed by atoms with Crippen molar-refractivity contribution < 1.29 is 47.0 Å². The van der Waals surface area contributed by atoms with Gasteiger partial charge in [0, 0.05) is 115 Å². The zero-order valence-corrected chi connectivity index (χ0v) is 35.8. The first-order valence-corrected chi connectivity index (χ1v) is 21.3. The fraction of sp³-hybridized carbons (Fsp3) is 0.700. The van der Waals surface area contributed by atoms with Crippen LogP contribution in [-0.4, -0.2) is 126 Å². The smallest absolute Gasteiger partial charge is 0.264 e. The third-order valence-electron chi connectivity index (χ3n) is 8.78. The van der Waals surface area contributed by atoms with E-state index >= 15 is 0 Å². The molecule has 0 aliphatic carbocycles. The van der Waals surface area contributed by atoms with Crippen molar-refractivity contribution in [3.8, 4) is 0 Å². The van der Waals surface area contributed by atoms with Crippen molar-refractivity contribution in [1.29, 1.82) is 0 Å². The number of hydrogen-bond acceptors (Lipinski definition) is 12. The van der Waals surface area contributed by atoms with E-state index in [1.165, 1.54) is 5.06 Å². The number of aromatic nitrogens is 3. The number of methoxy groups -OCH3 is 2. The summed E-state index contributed by atoms with van der Waals surface area (Å²) in [6, 6.07) is 11.9. The van der Waals surface area contributed by atoms with E-state index in [1.807, 2.05) is 65.8 Å². The highest BCUT2D eigenvalue weighted by Gasteiger charge is 2.45. The highest BCUT2D eigenvalue weighted by atomic mass is 32.2. The Balaban J connectivity index is 0.000000377. The van der Waals surface area contributed by atoms with Crippen LogP contribution in [-0.2, 0) is 52.9 Å². The van der Waals surface area contributed by atoms with Crippen molar-refractivity contribution in [3.63, 3.8) is 0 Å². The molecule has 2 atom stereocenters. The van der Waals surface area contributed by atoms with Gasteiger partial charge in [-0.2, -0.15) is 13.5 Å². The molecule has 0 amide bonds. The van der Waals surface area contributed by atoms with Gasteiger partial charge in [-0.05, 0) is 109 Å². The van der Waals surface area contributed by atoms with Crippen LogP contribution in [0, 0.1) is 0 Å². The van der Waals surface area contributed by atoms with Crippen molar-refractivity contribution in [3.05, 3.63) is 73.6 Å². The average molecular weight is 816 g/mol. The van der Waals surface area contributed by atoms with E-state index in [0.29, 0.717) is 13.0 Å². The predicted octanol–water partition coefficient (Wildman–Crippen LogP) is 5.10. The Morgan fingerprint density at radius 1 is 0.696 bits per heavy atom. The summed E-state index contributed by atoms with van der Waals surface area (Å²) in [7, 11) is 0.00871. The summed E-state index contributed by atoms with van der Waals surface area (Å²) in [5, 5.41) is 28.2. The van der Waals surface area contributed by atoms with Gasteiger partial charge in [-0.25, -0.2) is 0 Å². The molecule has 324 valence electrons. The topological polar surface area (TPSA) is 185 Å². The first-order chi connectivity index (χ1) is 26.6. The van der Waals surface area contributed by atoms with Crippen molar-refractivity contribution in [2.75, 3.05) is 53.4 Å². The maximum absolute atomic E-state index is 10.6. The van der Waals surface area contributed by atoms with Crippen LogP contribution in [0.2, 0.25) is 0 Å². The molecule has 0 radical (unpaired) electrons. The molecule has 5 heterocycles. The molecule has 2 aliphatic heterocycles. The number of hydrogen-bond donors (Lipinski definition) is 4. The molecule has 5 N–H and O–H groups in total. The number of hydroxylamine groups is 2. The second-order valence-electron chi connectivity index (χ2n) is 14.8. The summed E-state index contributed by atoms with van der Waals surface area (Å²) in [6.07, 6.45) is 20.1. The number of nitrogens with two attached hydrogens (primary N) is 1. The standard InChI is InChI=1S/C16H28N2O2.C8H13NO3S.C7H11NO.C6H12O3.C3H9NO/c1-15(2)12-14(13-16(3,4)18(15)19)20-11-7-10-17-8-5-6-9-17;1-13(10,11)12-8-4-7-9-5-2-3-6-9;9-7-3-6-8-4-1-2-5-8;1-7-5-3-4-6(8-2)9-5;4-2-1-3-5/h5-6,8-9,14,19H,7,10-13H2,1-4H3;2-3,5-6H,4,7-8H2,1H3;1-2,4-5,9H,3,6-7H2;5-6H,3-4H2,1-2H3;5H,1-4H2. The van der Waals surface area contributed by atoms with Crippen LogP contribution in [0.1, 0.15) is 79.1 Å². The molecule has 0 spiro atoms. The molecule has 2 unspecified atom stereocenters. The molecular weight excluding hydrogens is 743 g/mol. The molecule has 56 heavy (non-hydrogen) atoms. The number of nitrogens with zero attached hydrogens (tertiary/aromatic N) is 4. The molecule has 3 aromatic heterocycles. The maximum atomic E-state index is 10.6. The van der Waals surface area contributed by atoms with Gasteiger partial charge >= 0.3 is 0 Å². The minimum atomic E-state index is -3.27. The minimum absolute atomic E-state index is 0.0463. The molecule has 15 nitrogen and oxygen atoms in total. The number of rotatable bonds is 17. The van der Waals surface area contributed by atoms with Gasteiger partial charge < -0.3 is 53.8 Å². The molecule has 0 bridgehead atoms. The largest absolute Gasteiger partial charge is 0.396 e. The third kappa shape index (κ3) is 23.6. The quantitative estimate of drug-likeness (QED) is 0.105. The van der Waals surface area contributed by atoms with Gasteiger partial charge in [-0.3, -0.25) is 4.18 Å². The third-order valence-corrected chi connectivity index (χ3v) is 9.37. The number of aryl methyl sites for hydroxylation is 3. The van der Waals surface area contributed by atoms with Gasteiger partial charge in [0.15, 0.2) is 12.6 Å². The lowest BCUT2D eigenvalue weighted by Gasteiger charge is -2.51. The molecule has 2 fully saturated rings. The van der Waals surface area contributed by atoms with E-state index in [4.69, 9.17) is 34.9 Å². The van der Waals surface area contributed by atoms with Crippen LogP contribution in [0.25, 0.3) is 0 Å². The molecule has 16 heteroatoms. The Bertz CT molecular complexity index is 1390. The summed E-state index contributed by atoms with van der Waals surface area (Å²) in [5.74, 6) is 0. The van der Waals surface area contributed by atoms with Crippen LogP contribution in [0.5, 0.6) is 0 Å². The Morgan fingerprint density at radius 3 is 1.41 bits per heavy atom. The average Bonchev–Trinajstić information content (AvgIpc) is 4.00. The first kappa shape index (κ1) is 51.4. The van der Waals surface area contributed by atoms with Crippen LogP contribution in [0.3, 0.4) is 0 Å². The molecule has 0 saturated carbocycles. The van der Waals surface area contributed by atoms with E-state index in [1.54, 1.807) is 14.2 Å². The van der Waals surface area contributed by atoms with Gasteiger partial charge in [0.05, 0.1) is 19.0 Å². The van der Waals surface area contributed by atoms with Crippen molar-refractivity contribution in [1.82, 2.24) is 18.8 Å². The number of aliphatic hydroxyl groups is 2. The first-order valence-electron chi connectivity index (χ1n) is 19.5. The number of aliphatic hydroxyl groups excluding tert-OH is 2. The van der Waals surface area contributed by atoms with Gasteiger partial charge in [0.1, 0.15) is 0 Å². The van der Waals surface area contributed by atoms with Crippen LogP contribution in [0.4, 0.5) is 0 Å². The second-order valence-corrected chi connectivity index (χ2v) is 16.5. The molecule has 2 aliphatic rings. The van der Waals surface area contributed by atoms with E-state index < -0.39 is 10.1 Å². The zero-order chi connectivity index (χ0) is 41.9. The lowest BCUT2D eigenvalue weighted by atomic mass is 9.80. The molecule has 2 saturated heterocycles. The van der Waals surface area contributed by atoms with Gasteiger partial charge in [0.2, 0.25) is 0 Å². The van der Waals surface area contributed by atoms with Gasteiger partial charge in [-0.15, -0.1) is 0 Å². The Kier molecular flexibility index (Phi) is 26.4.